The fourth-order valence-corrected chi connectivity index (χ4v) is 2.42. The second kappa shape index (κ2) is 6.02. The van der Waals surface area contributed by atoms with Gasteiger partial charge < -0.3 is 4.42 Å². The number of rotatable bonds is 3. The maximum absolute atomic E-state index is 12.2. The van der Waals surface area contributed by atoms with Gasteiger partial charge in [0.25, 0.3) is 11.8 Å². The van der Waals surface area contributed by atoms with E-state index in [0.29, 0.717) is 14.9 Å². The third kappa shape index (κ3) is 2.92. The minimum atomic E-state index is -0.552. The zero-order chi connectivity index (χ0) is 14.9. The highest BCUT2D eigenvalue weighted by Gasteiger charge is 2.32. The summed E-state index contributed by atoms with van der Waals surface area (Å²) in [6.45, 7) is 3.77. The number of nitrogens with zero attached hydrogens (tertiary/aromatic N) is 1. The van der Waals surface area contributed by atoms with Gasteiger partial charge >= 0.3 is 0 Å². The minimum Gasteiger partial charge on any atom is -0.449 e. The Morgan fingerprint density at radius 2 is 2.15 bits per heavy atom. The van der Waals surface area contributed by atoms with Gasteiger partial charge in [0.1, 0.15) is 11.3 Å². The smallest absolute Gasteiger partial charge is 0.266 e. The monoisotopic (exact) mass is 418 g/mol. The molecule has 0 atom stereocenters. The van der Waals surface area contributed by atoms with E-state index in [4.69, 9.17) is 16.6 Å². The lowest BCUT2D eigenvalue weighted by molar-refractivity contribution is -0.128. The molecule has 2 amide bonds. The van der Waals surface area contributed by atoms with Crippen LogP contribution in [0.2, 0.25) is 0 Å². The van der Waals surface area contributed by atoms with Crippen molar-refractivity contribution in [3.05, 3.63) is 39.2 Å². The average molecular weight is 420 g/mol. The van der Waals surface area contributed by atoms with Crippen molar-refractivity contribution in [2.45, 2.75) is 0 Å². The van der Waals surface area contributed by atoms with Crippen molar-refractivity contribution in [2.24, 2.45) is 0 Å². The van der Waals surface area contributed by atoms with E-state index >= 15 is 0 Å². The van der Waals surface area contributed by atoms with Crippen molar-refractivity contribution < 1.29 is 14.0 Å². The normalized spacial score (nSPS) is 17.6. The number of amides is 2. The summed E-state index contributed by atoms with van der Waals surface area (Å²) in [5, 5.41) is 2.52. The van der Waals surface area contributed by atoms with Crippen molar-refractivity contribution in [3.8, 4) is 0 Å². The first-order chi connectivity index (χ1) is 9.43. The second-order valence-corrected chi connectivity index (χ2v) is 5.75. The fourth-order valence-electron chi connectivity index (χ4n) is 1.57. The molecule has 8 heteroatoms. The maximum Gasteiger partial charge on any atom is 0.266 e. The van der Waals surface area contributed by atoms with E-state index in [9.17, 15) is 9.59 Å². The third-order valence-corrected chi connectivity index (χ3v) is 4.48. The lowest BCUT2D eigenvalue weighted by atomic mass is 10.1. The van der Waals surface area contributed by atoms with Crippen LogP contribution in [0.25, 0.3) is 6.08 Å². The molecule has 1 aromatic heterocycles. The molecule has 5 nitrogen and oxygen atoms in total. The van der Waals surface area contributed by atoms with Gasteiger partial charge in [0.05, 0.1) is 4.47 Å². The van der Waals surface area contributed by atoms with Crippen LogP contribution in [0.3, 0.4) is 0 Å². The summed E-state index contributed by atoms with van der Waals surface area (Å²) in [7, 11) is 0. The van der Waals surface area contributed by atoms with E-state index in [1.54, 1.807) is 6.07 Å². The van der Waals surface area contributed by atoms with Gasteiger partial charge in [0, 0.05) is 6.54 Å². The van der Waals surface area contributed by atoms with Crippen LogP contribution in [0.1, 0.15) is 5.76 Å². The number of furan rings is 1. The molecule has 1 aliphatic heterocycles. The second-order valence-electron chi connectivity index (χ2n) is 3.79. The predicted octanol–water partition coefficient (Wildman–Crippen LogP) is 2.62. The third-order valence-electron chi connectivity index (χ3n) is 2.45. The minimum absolute atomic E-state index is 0.0470. The molecule has 2 rings (SSSR count). The molecular weight excluding hydrogens is 412 g/mol. The Morgan fingerprint density at radius 3 is 2.70 bits per heavy atom. The first-order valence-electron chi connectivity index (χ1n) is 5.38. The number of hydrogen-bond donors (Lipinski definition) is 1. The maximum atomic E-state index is 12.2. The van der Waals surface area contributed by atoms with Crippen LogP contribution < -0.4 is 5.32 Å². The molecular formula is C12H8Br2N2O3S. The molecule has 1 fully saturated rings. The predicted molar refractivity (Wildman–Crippen MR) is 84.7 cm³/mol. The molecule has 1 N–H and O–H groups in total. The van der Waals surface area contributed by atoms with Gasteiger partial charge in [0.15, 0.2) is 9.78 Å². The summed E-state index contributed by atoms with van der Waals surface area (Å²) < 4.78 is 6.49. The molecule has 20 heavy (non-hydrogen) atoms. The average Bonchev–Trinajstić information content (AvgIpc) is 2.69. The van der Waals surface area contributed by atoms with E-state index < -0.39 is 11.8 Å². The molecule has 104 valence electrons. The SMILES string of the molecule is C=CCN1C(=O)/C(=C\c2cc(Br)c(Br)o2)C(=O)NC1=S. The molecule has 2 heterocycles. The number of thiocarbonyl (C=S) groups is 1. The Balaban J connectivity index is 2.38. The Hall–Kier alpha value is -1.25. The Morgan fingerprint density at radius 1 is 1.45 bits per heavy atom. The number of nitrogens with one attached hydrogen (secondary N) is 1. The van der Waals surface area contributed by atoms with E-state index in [0.717, 1.165) is 0 Å². The lowest BCUT2D eigenvalue weighted by Gasteiger charge is -2.27. The van der Waals surface area contributed by atoms with Crippen LogP contribution >= 0.6 is 44.1 Å². The molecule has 0 spiro atoms. The van der Waals surface area contributed by atoms with Gasteiger partial charge in [-0.25, -0.2) is 0 Å². The summed E-state index contributed by atoms with van der Waals surface area (Å²) in [6.07, 6.45) is 2.89. The number of carbonyl (C=O) groups excluding carboxylic acids is 2. The van der Waals surface area contributed by atoms with Crippen LogP contribution in [0.5, 0.6) is 0 Å². The van der Waals surface area contributed by atoms with Crippen molar-refractivity contribution in [1.82, 2.24) is 10.2 Å². The van der Waals surface area contributed by atoms with Gasteiger partial charge in [-0.3, -0.25) is 19.8 Å². The fraction of sp³-hybridized carbons (Fsp3) is 0.0833. The zero-order valence-electron chi connectivity index (χ0n) is 9.98. The van der Waals surface area contributed by atoms with Crippen LogP contribution in [-0.2, 0) is 9.59 Å². The van der Waals surface area contributed by atoms with E-state index in [-0.39, 0.29) is 17.2 Å². The Bertz CT molecular complexity index is 632. The number of hydrogen-bond acceptors (Lipinski definition) is 4. The number of carbonyl (C=O) groups is 2. The largest absolute Gasteiger partial charge is 0.449 e. The molecule has 1 saturated heterocycles. The molecule has 1 aliphatic rings. The van der Waals surface area contributed by atoms with Crippen molar-refractivity contribution in [3.63, 3.8) is 0 Å². The quantitative estimate of drug-likeness (QED) is 0.354. The van der Waals surface area contributed by atoms with E-state index in [2.05, 4.69) is 43.8 Å². The highest BCUT2D eigenvalue weighted by molar-refractivity contribution is 9.13. The zero-order valence-corrected chi connectivity index (χ0v) is 14.0. The molecule has 0 bridgehead atoms. The van der Waals surface area contributed by atoms with Crippen LogP contribution in [0, 0.1) is 0 Å². The van der Waals surface area contributed by atoms with E-state index in [1.807, 2.05) is 0 Å². The Labute approximate surface area is 136 Å². The van der Waals surface area contributed by atoms with Gasteiger partial charge in [-0.2, -0.15) is 0 Å². The summed E-state index contributed by atoms with van der Waals surface area (Å²) in [4.78, 5) is 25.3. The summed E-state index contributed by atoms with van der Waals surface area (Å²) in [6, 6.07) is 1.64. The van der Waals surface area contributed by atoms with Crippen LogP contribution in [0.15, 0.2) is 37.9 Å². The van der Waals surface area contributed by atoms with E-state index in [1.165, 1.54) is 17.1 Å². The number of halogens is 2. The van der Waals surface area contributed by atoms with Crippen molar-refractivity contribution in [2.75, 3.05) is 6.54 Å². The van der Waals surface area contributed by atoms with Gasteiger partial charge in [-0.05, 0) is 56.2 Å². The lowest BCUT2D eigenvalue weighted by Crippen LogP contribution is -2.53. The highest BCUT2D eigenvalue weighted by atomic mass is 79.9. The Kier molecular flexibility index (Phi) is 4.56. The van der Waals surface area contributed by atoms with Crippen molar-refractivity contribution in [1.29, 1.82) is 0 Å². The van der Waals surface area contributed by atoms with Crippen LogP contribution in [-0.4, -0.2) is 28.4 Å². The summed E-state index contributed by atoms with van der Waals surface area (Å²) >= 11 is 11.4. The molecule has 0 aromatic carbocycles. The standard InChI is InChI=1S/C12H8Br2N2O3S/c1-2-3-16-11(18)7(10(17)15-12(16)20)4-6-5-8(13)9(14)19-6/h2,4-5H,1,3H2,(H,15,17,20)/b7-4-. The van der Waals surface area contributed by atoms with Gasteiger partial charge in [0.2, 0.25) is 0 Å². The molecule has 0 unspecified atom stereocenters. The van der Waals surface area contributed by atoms with Gasteiger partial charge in [-0.15, -0.1) is 6.58 Å². The first kappa shape index (κ1) is 15.1. The highest BCUT2D eigenvalue weighted by Crippen LogP contribution is 2.28. The van der Waals surface area contributed by atoms with Crippen LogP contribution in [0.4, 0.5) is 0 Å². The molecule has 0 saturated carbocycles. The summed E-state index contributed by atoms with van der Waals surface area (Å²) in [5.74, 6) is -0.667. The molecule has 1 aromatic rings. The van der Waals surface area contributed by atoms with Gasteiger partial charge in [-0.1, -0.05) is 6.08 Å². The summed E-state index contributed by atoms with van der Waals surface area (Å²) in [5.41, 5.74) is -0.0470. The first-order valence-corrected chi connectivity index (χ1v) is 7.38. The topological polar surface area (TPSA) is 62.6 Å². The molecule has 0 radical (unpaired) electrons. The molecule has 0 aliphatic carbocycles. The van der Waals surface area contributed by atoms with Crippen molar-refractivity contribution >= 4 is 67.1 Å².